The third kappa shape index (κ3) is 5.29. The Bertz CT molecular complexity index is 746. The van der Waals surface area contributed by atoms with Gasteiger partial charge in [0.1, 0.15) is 17.3 Å². The zero-order valence-electron chi connectivity index (χ0n) is 14.8. The SMILES string of the molecule is CCC(N)c1cc(F)cc(Oc2ccc(CCC(=O)OC)c(C)c2)c1. The number of nitrogens with two attached hydrogens (primary N) is 1. The van der Waals surface area contributed by atoms with E-state index < -0.39 is 0 Å². The molecule has 25 heavy (non-hydrogen) atoms. The van der Waals surface area contributed by atoms with Crippen molar-refractivity contribution in [3.63, 3.8) is 0 Å². The van der Waals surface area contributed by atoms with Gasteiger partial charge >= 0.3 is 5.97 Å². The lowest BCUT2D eigenvalue weighted by Crippen LogP contribution is -2.09. The van der Waals surface area contributed by atoms with Gasteiger partial charge in [0.15, 0.2) is 0 Å². The maximum atomic E-state index is 13.8. The molecule has 2 aromatic carbocycles. The number of carbonyl (C=O) groups is 1. The molecular weight excluding hydrogens is 321 g/mol. The summed E-state index contributed by atoms with van der Waals surface area (Å²) in [6.07, 6.45) is 1.66. The summed E-state index contributed by atoms with van der Waals surface area (Å²) in [6.45, 7) is 3.90. The monoisotopic (exact) mass is 345 g/mol. The van der Waals surface area contributed by atoms with Crippen LogP contribution >= 0.6 is 0 Å². The van der Waals surface area contributed by atoms with Crippen LogP contribution in [0.3, 0.4) is 0 Å². The van der Waals surface area contributed by atoms with E-state index >= 15 is 0 Å². The lowest BCUT2D eigenvalue weighted by atomic mass is 10.0. The number of aryl methyl sites for hydroxylation is 2. The molecule has 0 saturated heterocycles. The largest absolute Gasteiger partial charge is 0.469 e. The van der Waals surface area contributed by atoms with Crippen LogP contribution in [0, 0.1) is 12.7 Å². The van der Waals surface area contributed by atoms with Gasteiger partial charge in [-0.2, -0.15) is 0 Å². The first kappa shape index (κ1) is 18.9. The zero-order chi connectivity index (χ0) is 18.4. The summed E-state index contributed by atoms with van der Waals surface area (Å²) in [5.74, 6) is 0.420. The second-order valence-corrected chi connectivity index (χ2v) is 6.00. The Morgan fingerprint density at radius 2 is 1.96 bits per heavy atom. The standard InChI is InChI=1S/C20H24FNO3/c1-4-19(22)15-10-16(21)12-18(11-15)25-17-7-5-14(13(2)9-17)6-8-20(23)24-3/h5,7,9-12,19H,4,6,8,22H2,1-3H3. The molecule has 0 aromatic heterocycles. The van der Waals surface area contributed by atoms with Crippen LogP contribution in [0.25, 0.3) is 0 Å². The van der Waals surface area contributed by atoms with E-state index in [0.717, 1.165) is 17.5 Å². The number of ether oxygens (including phenoxy) is 2. The highest BCUT2D eigenvalue weighted by atomic mass is 19.1. The van der Waals surface area contributed by atoms with Gasteiger partial charge < -0.3 is 15.2 Å². The summed E-state index contributed by atoms with van der Waals surface area (Å²) in [4.78, 5) is 11.3. The minimum absolute atomic E-state index is 0.222. The van der Waals surface area contributed by atoms with E-state index in [2.05, 4.69) is 4.74 Å². The van der Waals surface area contributed by atoms with E-state index in [-0.39, 0.29) is 17.8 Å². The van der Waals surface area contributed by atoms with Crippen LogP contribution in [0.5, 0.6) is 11.5 Å². The first-order valence-corrected chi connectivity index (χ1v) is 8.33. The molecule has 134 valence electrons. The van der Waals surface area contributed by atoms with Crippen molar-refractivity contribution < 1.29 is 18.7 Å². The normalized spacial score (nSPS) is 11.9. The van der Waals surface area contributed by atoms with Crippen molar-refractivity contribution in [2.75, 3.05) is 7.11 Å². The highest BCUT2D eigenvalue weighted by Gasteiger charge is 2.10. The molecule has 2 rings (SSSR count). The number of hydrogen-bond acceptors (Lipinski definition) is 4. The van der Waals surface area contributed by atoms with Gasteiger partial charge in [-0.25, -0.2) is 4.39 Å². The van der Waals surface area contributed by atoms with Crippen molar-refractivity contribution >= 4 is 5.97 Å². The molecule has 0 aliphatic carbocycles. The van der Waals surface area contributed by atoms with Gasteiger partial charge in [-0.15, -0.1) is 0 Å². The second kappa shape index (κ2) is 8.62. The summed E-state index contributed by atoms with van der Waals surface area (Å²) in [7, 11) is 1.38. The fraction of sp³-hybridized carbons (Fsp3) is 0.350. The maximum absolute atomic E-state index is 13.8. The molecule has 0 fully saturated rings. The van der Waals surface area contributed by atoms with Crippen molar-refractivity contribution in [1.82, 2.24) is 0 Å². The molecule has 4 nitrogen and oxygen atoms in total. The van der Waals surface area contributed by atoms with E-state index in [4.69, 9.17) is 10.5 Å². The first-order valence-electron chi connectivity index (χ1n) is 8.33. The van der Waals surface area contributed by atoms with Crippen molar-refractivity contribution in [3.05, 3.63) is 58.9 Å². The number of benzene rings is 2. The minimum atomic E-state index is -0.372. The van der Waals surface area contributed by atoms with Gasteiger partial charge in [0.25, 0.3) is 0 Å². The van der Waals surface area contributed by atoms with Crippen LogP contribution in [0.2, 0.25) is 0 Å². The molecule has 2 N–H and O–H groups in total. The molecule has 2 aromatic rings. The molecule has 0 radical (unpaired) electrons. The second-order valence-electron chi connectivity index (χ2n) is 6.00. The molecule has 0 heterocycles. The van der Waals surface area contributed by atoms with Gasteiger partial charge in [0.2, 0.25) is 0 Å². The molecule has 0 bridgehead atoms. The Morgan fingerprint density at radius 1 is 1.20 bits per heavy atom. The van der Waals surface area contributed by atoms with E-state index in [1.165, 1.54) is 19.2 Å². The number of esters is 1. The Labute approximate surface area is 147 Å². The van der Waals surface area contributed by atoms with E-state index in [1.807, 2.05) is 32.0 Å². The predicted molar refractivity (Wildman–Crippen MR) is 95.2 cm³/mol. The minimum Gasteiger partial charge on any atom is -0.469 e. The number of carbonyl (C=O) groups excluding carboxylic acids is 1. The topological polar surface area (TPSA) is 61.5 Å². The molecule has 0 aliphatic heterocycles. The summed E-state index contributed by atoms with van der Waals surface area (Å²) >= 11 is 0. The third-order valence-corrected chi connectivity index (χ3v) is 4.14. The van der Waals surface area contributed by atoms with E-state index in [9.17, 15) is 9.18 Å². The Hall–Kier alpha value is -2.40. The third-order valence-electron chi connectivity index (χ3n) is 4.14. The van der Waals surface area contributed by atoms with Crippen LogP contribution in [-0.2, 0) is 16.0 Å². The zero-order valence-corrected chi connectivity index (χ0v) is 14.8. The Kier molecular flexibility index (Phi) is 6.53. The predicted octanol–water partition coefficient (Wildman–Crippen LogP) is 4.44. The average Bonchev–Trinajstić information content (AvgIpc) is 2.59. The molecule has 0 saturated carbocycles. The van der Waals surface area contributed by atoms with Crippen molar-refractivity contribution in [3.8, 4) is 11.5 Å². The number of methoxy groups -OCH3 is 1. The molecular formula is C20H24FNO3. The van der Waals surface area contributed by atoms with Crippen LogP contribution in [0.15, 0.2) is 36.4 Å². The number of hydrogen-bond donors (Lipinski definition) is 1. The molecule has 0 spiro atoms. The van der Waals surface area contributed by atoms with Crippen molar-refractivity contribution in [1.29, 1.82) is 0 Å². The lowest BCUT2D eigenvalue weighted by Gasteiger charge is -2.13. The van der Waals surface area contributed by atoms with Crippen molar-refractivity contribution in [2.24, 2.45) is 5.73 Å². The van der Waals surface area contributed by atoms with Gasteiger partial charge in [0, 0.05) is 18.5 Å². The highest BCUT2D eigenvalue weighted by molar-refractivity contribution is 5.69. The highest BCUT2D eigenvalue weighted by Crippen LogP contribution is 2.28. The lowest BCUT2D eigenvalue weighted by molar-refractivity contribution is -0.140. The fourth-order valence-electron chi connectivity index (χ4n) is 2.58. The molecule has 1 unspecified atom stereocenters. The Balaban J connectivity index is 2.14. The molecule has 1 atom stereocenters. The van der Waals surface area contributed by atoms with Gasteiger partial charge in [-0.1, -0.05) is 13.0 Å². The van der Waals surface area contributed by atoms with Crippen molar-refractivity contribution in [2.45, 2.75) is 39.2 Å². The van der Waals surface area contributed by atoms with Crippen LogP contribution in [0.4, 0.5) is 4.39 Å². The molecule has 0 amide bonds. The molecule has 5 heteroatoms. The van der Waals surface area contributed by atoms with Crippen LogP contribution in [0.1, 0.15) is 42.5 Å². The van der Waals surface area contributed by atoms with Gasteiger partial charge in [-0.3, -0.25) is 4.79 Å². The summed E-state index contributed by atoms with van der Waals surface area (Å²) in [6, 6.07) is 9.90. The van der Waals surface area contributed by atoms with Crippen LogP contribution < -0.4 is 10.5 Å². The molecule has 0 aliphatic rings. The van der Waals surface area contributed by atoms with Crippen LogP contribution in [-0.4, -0.2) is 13.1 Å². The average molecular weight is 345 g/mol. The smallest absolute Gasteiger partial charge is 0.305 e. The number of halogens is 1. The maximum Gasteiger partial charge on any atom is 0.305 e. The Morgan fingerprint density at radius 3 is 2.60 bits per heavy atom. The number of rotatable bonds is 7. The van der Waals surface area contributed by atoms with E-state index in [1.54, 1.807) is 6.07 Å². The fourth-order valence-corrected chi connectivity index (χ4v) is 2.58. The van der Waals surface area contributed by atoms with E-state index in [0.29, 0.717) is 29.9 Å². The van der Waals surface area contributed by atoms with Gasteiger partial charge in [-0.05, 0) is 60.7 Å². The first-order chi connectivity index (χ1) is 11.9. The quantitative estimate of drug-likeness (QED) is 0.754. The summed E-state index contributed by atoms with van der Waals surface area (Å²) in [5.41, 5.74) is 8.74. The van der Waals surface area contributed by atoms with Gasteiger partial charge in [0.05, 0.1) is 7.11 Å². The summed E-state index contributed by atoms with van der Waals surface area (Å²) < 4.78 is 24.2. The summed E-state index contributed by atoms with van der Waals surface area (Å²) in [5, 5.41) is 0.